The van der Waals surface area contributed by atoms with E-state index in [-0.39, 0.29) is 57.8 Å². The van der Waals surface area contributed by atoms with Crippen LogP contribution in [-0.2, 0) is 19.0 Å². The van der Waals surface area contributed by atoms with Crippen molar-refractivity contribution < 1.29 is 19.0 Å². The van der Waals surface area contributed by atoms with E-state index in [4.69, 9.17) is 14.2 Å². The summed E-state index contributed by atoms with van der Waals surface area (Å²) in [4.78, 5) is 13.7. The van der Waals surface area contributed by atoms with Crippen LogP contribution in [-0.4, -0.2) is 37.0 Å². The molecule has 0 aromatic heterocycles. The lowest BCUT2D eigenvalue weighted by Gasteiger charge is -2.48. The minimum atomic E-state index is -1.01. The molecule has 184 valence electrons. The van der Waals surface area contributed by atoms with Crippen molar-refractivity contribution >= 4 is 5.97 Å². The fourth-order valence-electron chi connectivity index (χ4n) is 9.69. The molecule has 0 radical (unpaired) electrons. The van der Waals surface area contributed by atoms with Crippen LogP contribution in [0.2, 0.25) is 0 Å². The summed E-state index contributed by atoms with van der Waals surface area (Å²) in [6.07, 6.45) is 12.6. The molecule has 5 saturated carbocycles. The van der Waals surface area contributed by atoms with Crippen molar-refractivity contribution in [1.82, 2.24) is 0 Å². The summed E-state index contributed by atoms with van der Waals surface area (Å²) in [5.74, 6) is 1.44. The first-order valence-corrected chi connectivity index (χ1v) is 13.5. The summed E-state index contributed by atoms with van der Waals surface area (Å²) in [5, 5.41) is 0. The first-order chi connectivity index (χ1) is 15.4. The summed E-state index contributed by atoms with van der Waals surface area (Å²) in [7, 11) is 1.52. The Bertz CT molecular complexity index is 890. The van der Waals surface area contributed by atoms with Crippen molar-refractivity contribution in [1.29, 1.82) is 0 Å². The lowest BCUT2D eigenvalue weighted by Crippen LogP contribution is -2.60. The smallest absolute Gasteiger partial charge is 0.341 e. The SMILES string of the molecule is COC(=O)C1(OC2CC3CCC2(C)C3(C)C)C2C=CC(C2)C1OC1CC2CCC1(C)C2(C)C. The Kier molecular flexibility index (Phi) is 4.56. The molecule has 6 aliphatic rings. The largest absolute Gasteiger partial charge is 0.467 e. The first kappa shape index (κ1) is 22.6. The number of methoxy groups -OCH3 is 1. The predicted octanol–water partition coefficient (Wildman–Crippen LogP) is 5.94. The van der Waals surface area contributed by atoms with E-state index in [1.54, 1.807) is 0 Å². The highest BCUT2D eigenvalue weighted by molar-refractivity contribution is 5.82. The van der Waals surface area contributed by atoms with Crippen LogP contribution < -0.4 is 0 Å². The lowest BCUT2D eigenvalue weighted by molar-refractivity contribution is -0.235. The summed E-state index contributed by atoms with van der Waals surface area (Å²) < 4.78 is 19.8. The third-order valence-corrected chi connectivity index (χ3v) is 13.1. The van der Waals surface area contributed by atoms with Gasteiger partial charge in [0.1, 0.15) is 6.10 Å². The topological polar surface area (TPSA) is 44.8 Å². The molecular formula is C29H44O4. The van der Waals surface area contributed by atoms with E-state index in [9.17, 15) is 4.79 Å². The van der Waals surface area contributed by atoms with Crippen LogP contribution in [0.15, 0.2) is 12.2 Å². The van der Waals surface area contributed by atoms with Gasteiger partial charge in [-0.25, -0.2) is 4.79 Å². The molecule has 10 atom stereocenters. The second kappa shape index (κ2) is 6.66. The first-order valence-electron chi connectivity index (χ1n) is 13.5. The molecule has 0 amide bonds. The van der Waals surface area contributed by atoms with Gasteiger partial charge in [-0.3, -0.25) is 0 Å². The molecule has 6 bridgehead atoms. The minimum Gasteiger partial charge on any atom is -0.467 e. The Balaban J connectivity index is 1.35. The van der Waals surface area contributed by atoms with Crippen LogP contribution in [0.4, 0.5) is 0 Å². The highest BCUT2D eigenvalue weighted by atomic mass is 16.6. The zero-order chi connectivity index (χ0) is 23.6. The highest BCUT2D eigenvalue weighted by Crippen LogP contribution is 2.69. The fraction of sp³-hybridized carbons (Fsp3) is 0.897. The molecule has 4 nitrogen and oxygen atoms in total. The number of ether oxygens (including phenoxy) is 3. The fourth-order valence-corrected chi connectivity index (χ4v) is 9.69. The second-order valence-electron chi connectivity index (χ2n) is 14.0. The van der Waals surface area contributed by atoms with Crippen molar-refractivity contribution in [3.05, 3.63) is 12.2 Å². The van der Waals surface area contributed by atoms with Gasteiger partial charge in [-0.15, -0.1) is 0 Å². The molecule has 10 unspecified atom stereocenters. The Morgan fingerprint density at radius 2 is 1.39 bits per heavy atom. The lowest BCUT2D eigenvalue weighted by atomic mass is 9.69. The third-order valence-electron chi connectivity index (χ3n) is 13.1. The van der Waals surface area contributed by atoms with Gasteiger partial charge in [-0.05, 0) is 78.4 Å². The average Bonchev–Trinajstić information content (AvgIpc) is 3.53. The quantitative estimate of drug-likeness (QED) is 0.380. The summed E-state index contributed by atoms with van der Waals surface area (Å²) >= 11 is 0. The van der Waals surface area contributed by atoms with Crippen molar-refractivity contribution in [2.24, 2.45) is 45.3 Å². The molecule has 5 fully saturated rings. The van der Waals surface area contributed by atoms with Crippen LogP contribution in [0.3, 0.4) is 0 Å². The summed E-state index contributed by atoms with van der Waals surface area (Å²) in [5.41, 5.74) is -0.242. The molecule has 4 heteroatoms. The number of hydrogen-bond acceptors (Lipinski definition) is 4. The Morgan fingerprint density at radius 3 is 1.88 bits per heavy atom. The van der Waals surface area contributed by atoms with E-state index in [1.807, 2.05) is 0 Å². The molecular weight excluding hydrogens is 412 g/mol. The number of carbonyl (C=O) groups excluding carboxylic acids is 1. The van der Waals surface area contributed by atoms with Gasteiger partial charge in [0.2, 0.25) is 0 Å². The van der Waals surface area contributed by atoms with Crippen molar-refractivity contribution in [3.63, 3.8) is 0 Å². The van der Waals surface area contributed by atoms with Crippen molar-refractivity contribution in [2.45, 2.75) is 110 Å². The van der Waals surface area contributed by atoms with E-state index in [1.165, 1.54) is 32.8 Å². The molecule has 33 heavy (non-hydrogen) atoms. The van der Waals surface area contributed by atoms with Crippen LogP contribution in [0.1, 0.15) is 86.5 Å². The molecule has 6 rings (SSSR count). The number of esters is 1. The number of fused-ring (bicyclic) bond motifs is 6. The van der Waals surface area contributed by atoms with Gasteiger partial charge < -0.3 is 14.2 Å². The standard InChI is InChI=1S/C29H44O4/c1-25(2)18-10-12-27(25,5)21(15-18)32-23-17-8-9-20(14-17)29(23,24(30)31-7)33-22-16-19-11-13-28(22,6)26(19,3)4/h8-9,17-23H,10-16H2,1-7H3. The molecule has 0 saturated heterocycles. The van der Waals surface area contributed by atoms with E-state index in [0.29, 0.717) is 11.8 Å². The maximum absolute atomic E-state index is 13.7. The van der Waals surface area contributed by atoms with Gasteiger partial charge in [0.05, 0.1) is 19.3 Å². The Labute approximate surface area is 200 Å². The highest BCUT2D eigenvalue weighted by Gasteiger charge is 2.71. The van der Waals surface area contributed by atoms with Gasteiger partial charge in [-0.2, -0.15) is 0 Å². The van der Waals surface area contributed by atoms with E-state index in [0.717, 1.165) is 19.3 Å². The summed E-state index contributed by atoms with van der Waals surface area (Å²) in [6.45, 7) is 14.5. The normalized spacial score (nSPS) is 54.5. The number of carbonyl (C=O) groups is 1. The molecule has 0 aromatic rings. The van der Waals surface area contributed by atoms with E-state index in [2.05, 4.69) is 53.7 Å². The number of hydrogen-bond donors (Lipinski definition) is 0. The third kappa shape index (κ3) is 2.48. The van der Waals surface area contributed by atoms with E-state index < -0.39 is 5.60 Å². The van der Waals surface area contributed by atoms with Crippen molar-refractivity contribution in [3.8, 4) is 0 Å². The molecule has 0 heterocycles. The van der Waals surface area contributed by atoms with E-state index >= 15 is 0 Å². The van der Waals surface area contributed by atoms with Crippen LogP contribution in [0.25, 0.3) is 0 Å². The van der Waals surface area contributed by atoms with Crippen LogP contribution in [0.5, 0.6) is 0 Å². The van der Waals surface area contributed by atoms with Gasteiger partial charge in [0, 0.05) is 11.8 Å². The maximum Gasteiger partial charge on any atom is 0.341 e. The van der Waals surface area contributed by atoms with Gasteiger partial charge >= 0.3 is 5.97 Å². The minimum absolute atomic E-state index is 0.0465. The van der Waals surface area contributed by atoms with Gasteiger partial charge in [0.25, 0.3) is 0 Å². The monoisotopic (exact) mass is 456 g/mol. The molecule has 0 aromatic carbocycles. The Hall–Kier alpha value is -0.870. The molecule has 6 aliphatic carbocycles. The zero-order valence-electron chi connectivity index (χ0n) is 21.8. The predicted molar refractivity (Wildman–Crippen MR) is 127 cm³/mol. The maximum atomic E-state index is 13.7. The van der Waals surface area contributed by atoms with Gasteiger partial charge in [-0.1, -0.05) is 53.7 Å². The summed E-state index contributed by atoms with van der Waals surface area (Å²) in [6, 6.07) is 0. The average molecular weight is 457 g/mol. The molecule has 0 spiro atoms. The Morgan fingerprint density at radius 1 is 0.818 bits per heavy atom. The molecule has 0 N–H and O–H groups in total. The second-order valence-corrected chi connectivity index (χ2v) is 14.0. The molecule has 0 aliphatic heterocycles. The number of rotatable bonds is 5. The van der Waals surface area contributed by atoms with Crippen LogP contribution in [0, 0.1) is 45.3 Å². The van der Waals surface area contributed by atoms with Crippen LogP contribution >= 0.6 is 0 Å². The van der Waals surface area contributed by atoms with Crippen molar-refractivity contribution in [2.75, 3.05) is 7.11 Å². The van der Waals surface area contributed by atoms with Gasteiger partial charge in [0.15, 0.2) is 5.60 Å². The zero-order valence-corrected chi connectivity index (χ0v) is 21.8.